The van der Waals surface area contributed by atoms with Gasteiger partial charge >= 0.3 is 0 Å². The van der Waals surface area contributed by atoms with Gasteiger partial charge in [-0.05, 0) is 32.6 Å². The lowest BCUT2D eigenvalue weighted by Gasteiger charge is -2.20. The fraction of sp³-hybridized carbons (Fsp3) is 0.750. The minimum atomic E-state index is 0.310. The SMILES string of the molecule is CC.CC#CC1CCC(C#N)CC1. The maximum atomic E-state index is 8.62. The van der Waals surface area contributed by atoms with Crippen molar-refractivity contribution in [3.05, 3.63) is 0 Å². The van der Waals surface area contributed by atoms with Crippen molar-refractivity contribution in [1.29, 1.82) is 5.26 Å². The summed E-state index contributed by atoms with van der Waals surface area (Å²) in [4.78, 5) is 0. The molecule has 1 heteroatoms. The summed E-state index contributed by atoms with van der Waals surface area (Å²) in [5.41, 5.74) is 0. The Morgan fingerprint density at radius 1 is 1.00 bits per heavy atom. The molecule has 0 saturated heterocycles. The van der Waals surface area contributed by atoms with Crippen LogP contribution in [0.15, 0.2) is 0 Å². The van der Waals surface area contributed by atoms with Crippen molar-refractivity contribution in [2.45, 2.75) is 46.5 Å². The number of hydrogen-bond acceptors (Lipinski definition) is 1. The summed E-state index contributed by atoms with van der Waals surface area (Å²) in [6.45, 7) is 5.89. The zero-order chi connectivity index (χ0) is 10.1. The molecule has 1 aliphatic rings. The minimum absolute atomic E-state index is 0.310. The zero-order valence-corrected chi connectivity index (χ0v) is 8.93. The van der Waals surface area contributed by atoms with Crippen LogP contribution < -0.4 is 0 Å². The molecule has 0 bridgehead atoms. The summed E-state index contributed by atoms with van der Waals surface area (Å²) in [7, 11) is 0. The van der Waals surface area contributed by atoms with E-state index in [4.69, 9.17) is 5.26 Å². The normalized spacial score (nSPS) is 25.7. The van der Waals surface area contributed by atoms with E-state index in [0.717, 1.165) is 25.7 Å². The van der Waals surface area contributed by atoms with Crippen LogP contribution in [0.25, 0.3) is 0 Å². The lowest BCUT2D eigenvalue weighted by atomic mass is 9.83. The second-order valence-corrected chi connectivity index (χ2v) is 3.07. The van der Waals surface area contributed by atoms with Crippen molar-refractivity contribution in [1.82, 2.24) is 0 Å². The summed E-state index contributed by atoms with van der Waals surface area (Å²) in [5, 5.41) is 8.62. The van der Waals surface area contributed by atoms with Crippen LogP contribution in [0.2, 0.25) is 0 Å². The van der Waals surface area contributed by atoms with Gasteiger partial charge in [-0.1, -0.05) is 13.8 Å². The molecule has 0 unspecified atom stereocenters. The van der Waals surface area contributed by atoms with Crippen molar-refractivity contribution >= 4 is 0 Å². The molecule has 1 fully saturated rings. The van der Waals surface area contributed by atoms with Crippen molar-refractivity contribution in [2.24, 2.45) is 11.8 Å². The molecule has 0 heterocycles. The van der Waals surface area contributed by atoms with E-state index in [0.29, 0.717) is 11.8 Å². The predicted molar refractivity (Wildman–Crippen MR) is 55.9 cm³/mol. The highest BCUT2D eigenvalue weighted by molar-refractivity contribution is 5.03. The molecule has 1 aliphatic carbocycles. The lowest BCUT2D eigenvalue weighted by Crippen LogP contribution is -2.11. The molecule has 1 nitrogen and oxygen atoms in total. The third-order valence-electron chi connectivity index (χ3n) is 2.26. The molecule has 0 aromatic carbocycles. The first kappa shape index (κ1) is 12.0. The number of nitrogens with zero attached hydrogens (tertiary/aromatic N) is 1. The van der Waals surface area contributed by atoms with Crippen LogP contribution >= 0.6 is 0 Å². The number of hydrogen-bond donors (Lipinski definition) is 0. The quantitative estimate of drug-likeness (QED) is 0.520. The van der Waals surface area contributed by atoms with Crippen LogP contribution in [-0.4, -0.2) is 0 Å². The Kier molecular flexibility index (Phi) is 7.12. The van der Waals surface area contributed by atoms with Gasteiger partial charge in [0.1, 0.15) is 0 Å². The first-order chi connectivity index (χ1) is 6.36. The predicted octanol–water partition coefficient (Wildman–Crippen LogP) is 3.37. The largest absolute Gasteiger partial charge is 0.198 e. The van der Waals surface area contributed by atoms with E-state index < -0.39 is 0 Å². The van der Waals surface area contributed by atoms with Crippen molar-refractivity contribution in [3.63, 3.8) is 0 Å². The van der Waals surface area contributed by atoms with E-state index in [9.17, 15) is 0 Å². The fourth-order valence-electron chi connectivity index (χ4n) is 1.57. The molecule has 0 aromatic heterocycles. The van der Waals surface area contributed by atoms with Gasteiger partial charge in [0.15, 0.2) is 0 Å². The first-order valence-corrected chi connectivity index (χ1v) is 5.18. The first-order valence-electron chi connectivity index (χ1n) is 5.18. The van der Waals surface area contributed by atoms with Crippen molar-refractivity contribution in [2.75, 3.05) is 0 Å². The fourth-order valence-corrected chi connectivity index (χ4v) is 1.57. The van der Waals surface area contributed by atoms with E-state index in [1.807, 2.05) is 20.8 Å². The lowest BCUT2D eigenvalue weighted by molar-refractivity contribution is 0.371. The molecule has 0 aromatic rings. The topological polar surface area (TPSA) is 23.8 Å². The molecular formula is C12H19N. The van der Waals surface area contributed by atoms with Crippen LogP contribution in [0.5, 0.6) is 0 Å². The van der Waals surface area contributed by atoms with Gasteiger partial charge in [0.25, 0.3) is 0 Å². The highest BCUT2D eigenvalue weighted by atomic mass is 14.3. The van der Waals surface area contributed by atoms with E-state index in [2.05, 4.69) is 17.9 Å². The van der Waals surface area contributed by atoms with Gasteiger partial charge in [0.2, 0.25) is 0 Å². The van der Waals surface area contributed by atoms with E-state index in [1.165, 1.54) is 0 Å². The van der Waals surface area contributed by atoms with Crippen molar-refractivity contribution < 1.29 is 0 Å². The van der Waals surface area contributed by atoms with E-state index in [1.54, 1.807) is 0 Å². The Balaban J connectivity index is 0.000000671. The molecule has 0 amide bonds. The van der Waals surface area contributed by atoms with Gasteiger partial charge in [0, 0.05) is 11.8 Å². The summed E-state index contributed by atoms with van der Waals surface area (Å²) >= 11 is 0. The van der Waals surface area contributed by atoms with Crippen LogP contribution in [-0.2, 0) is 0 Å². The highest BCUT2D eigenvalue weighted by Gasteiger charge is 2.18. The van der Waals surface area contributed by atoms with Gasteiger partial charge < -0.3 is 0 Å². The maximum Gasteiger partial charge on any atom is 0.0655 e. The molecule has 0 N–H and O–H groups in total. The third-order valence-corrected chi connectivity index (χ3v) is 2.26. The number of nitriles is 1. The maximum absolute atomic E-state index is 8.62. The van der Waals surface area contributed by atoms with Crippen molar-refractivity contribution in [3.8, 4) is 17.9 Å². The van der Waals surface area contributed by atoms with Gasteiger partial charge in [-0.25, -0.2) is 0 Å². The average molecular weight is 177 g/mol. The summed E-state index contributed by atoms with van der Waals surface area (Å²) in [6, 6.07) is 2.32. The molecule has 1 saturated carbocycles. The molecule has 72 valence electrons. The Morgan fingerprint density at radius 2 is 1.46 bits per heavy atom. The molecular weight excluding hydrogens is 158 g/mol. The summed E-state index contributed by atoms with van der Waals surface area (Å²) < 4.78 is 0. The van der Waals surface area contributed by atoms with Gasteiger partial charge in [-0.2, -0.15) is 5.26 Å². The Bertz CT molecular complexity index is 206. The third kappa shape index (κ3) is 4.58. The van der Waals surface area contributed by atoms with Crippen LogP contribution in [0, 0.1) is 35.0 Å². The smallest absolute Gasteiger partial charge is 0.0655 e. The van der Waals surface area contributed by atoms with Gasteiger partial charge in [0.05, 0.1) is 6.07 Å². The monoisotopic (exact) mass is 177 g/mol. The minimum Gasteiger partial charge on any atom is -0.198 e. The van der Waals surface area contributed by atoms with E-state index >= 15 is 0 Å². The van der Waals surface area contributed by atoms with E-state index in [-0.39, 0.29) is 0 Å². The molecule has 1 rings (SSSR count). The molecule has 0 aliphatic heterocycles. The summed E-state index contributed by atoms with van der Waals surface area (Å²) in [6.07, 6.45) is 4.35. The van der Waals surface area contributed by atoms with Crippen LogP contribution in [0.1, 0.15) is 46.5 Å². The van der Waals surface area contributed by atoms with Crippen LogP contribution in [0.4, 0.5) is 0 Å². The van der Waals surface area contributed by atoms with Crippen LogP contribution in [0.3, 0.4) is 0 Å². The number of rotatable bonds is 0. The summed E-state index contributed by atoms with van der Waals surface area (Å²) in [5.74, 6) is 6.99. The van der Waals surface area contributed by atoms with Gasteiger partial charge in [-0.3, -0.25) is 0 Å². The van der Waals surface area contributed by atoms with Gasteiger partial charge in [-0.15, -0.1) is 11.8 Å². The average Bonchev–Trinajstić information content (AvgIpc) is 2.23. The Hall–Kier alpha value is -0.950. The highest BCUT2D eigenvalue weighted by Crippen LogP contribution is 2.27. The standard InChI is InChI=1S/C10H13N.C2H6/c1-2-3-9-4-6-10(8-11)7-5-9;1-2/h9-10H,4-7H2,1H3;1-2H3. The molecule has 0 atom stereocenters. The second-order valence-electron chi connectivity index (χ2n) is 3.07. The Labute approximate surface area is 82.1 Å². The molecule has 0 spiro atoms. The second kappa shape index (κ2) is 7.69. The zero-order valence-electron chi connectivity index (χ0n) is 8.93. The Morgan fingerprint density at radius 3 is 1.85 bits per heavy atom. The molecule has 0 radical (unpaired) electrons. The molecule has 13 heavy (non-hydrogen) atoms.